The van der Waals surface area contributed by atoms with Crippen molar-refractivity contribution < 1.29 is 13.6 Å². The largest absolute Gasteiger partial charge is 0.461 e. The number of thioether (sulfide) groups is 1. The summed E-state index contributed by atoms with van der Waals surface area (Å²) in [4.78, 5) is 12.6. The highest BCUT2D eigenvalue weighted by molar-refractivity contribution is 8.00. The molecule has 0 spiro atoms. The molecule has 6 nitrogen and oxygen atoms in total. The van der Waals surface area contributed by atoms with Gasteiger partial charge in [0, 0.05) is 6.04 Å². The van der Waals surface area contributed by atoms with E-state index in [1.165, 1.54) is 23.9 Å². The second-order valence-electron chi connectivity index (χ2n) is 6.23. The molecule has 0 radical (unpaired) electrons. The number of halogens is 1. The molecular weight excluding hydrogens is 367 g/mol. The molecule has 1 atom stereocenters. The number of rotatable bonds is 7. The quantitative estimate of drug-likeness (QED) is 0.590. The van der Waals surface area contributed by atoms with Crippen molar-refractivity contribution >= 4 is 23.4 Å². The lowest BCUT2D eigenvalue weighted by Gasteiger charge is -2.17. The lowest BCUT2D eigenvalue weighted by molar-refractivity contribution is -0.115. The average Bonchev–Trinajstić information content (AvgIpc) is 3.30. The molecule has 3 aromatic rings. The minimum Gasteiger partial charge on any atom is -0.461 e. The third-order valence-corrected chi connectivity index (χ3v) is 5.29. The number of nitrogens with zero attached hydrogens (tertiary/aromatic N) is 3. The van der Waals surface area contributed by atoms with Crippen LogP contribution in [0, 0.1) is 5.82 Å². The fourth-order valence-corrected chi connectivity index (χ4v) is 3.71. The lowest BCUT2D eigenvalue weighted by atomic mass is 10.2. The van der Waals surface area contributed by atoms with E-state index < -0.39 is 11.1 Å². The standard InChI is InChI=1S/C19H21FN4O2S/c1-4-16(18(25)21-14-9-6-5-8-13(14)20)27-19-23-22-17(24(19)12(2)3)15-10-7-11-26-15/h5-12,16H,4H2,1-3H3,(H,21,25)/t16-/m1/s1. The summed E-state index contributed by atoms with van der Waals surface area (Å²) in [5, 5.41) is 11.3. The predicted molar refractivity (Wildman–Crippen MR) is 103 cm³/mol. The summed E-state index contributed by atoms with van der Waals surface area (Å²) in [5.74, 6) is 0.496. The molecule has 0 bridgehead atoms. The van der Waals surface area contributed by atoms with Gasteiger partial charge in [0.1, 0.15) is 5.82 Å². The Morgan fingerprint density at radius 2 is 2.04 bits per heavy atom. The van der Waals surface area contributed by atoms with Crippen LogP contribution in [0.4, 0.5) is 10.1 Å². The normalized spacial score (nSPS) is 12.3. The Morgan fingerprint density at radius 3 is 2.67 bits per heavy atom. The van der Waals surface area contributed by atoms with Crippen LogP contribution in [0.15, 0.2) is 52.2 Å². The fourth-order valence-electron chi connectivity index (χ4n) is 2.62. The number of carbonyl (C=O) groups excluding carboxylic acids is 1. The zero-order valence-electron chi connectivity index (χ0n) is 15.3. The molecule has 1 aromatic carbocycles. The van der Waals surface area contributed by atoms with E-state index in [4.69, 9.17) is 4.42 Å². The van der Waals surface area contributed by atoms with Crippen LogP contribution in [0.5, 0.6) is 0 Å². The summed E-state index contributed by atoms with van der Waals surface area (Å²) in [6.07, 6.45) is 2.14. The van der Waals surface area contributed by atoms with Gasteiger partial charge in [-0.3, -0.25) is 9.36 Å². The maximum atomic E-state index is 13.8. The van der Waals surface area contributed by atoms with Gasteiger partial charge < -0.3 is 9.73 Å². The Morgan fingerprint density at radius 1 is 1.26 bits per heavy atom. The van der Waals surface area contributed by atoms with Gasteiger partial charge in [0.25, 0.3) is 0 Å². The number of amides is 1. The summed E-state index contributed by atoms with van der Waals surface area (Å²) in [5.41, 5.74) is 0.170. The summed E-state index contributed by atoms with van der Waals surface area (Å²) >= 11 is 1.31. The number of benzene rings is 1. The number of carbonyl (C=O) groups is 1. The van der Waals surface area contributed by atoms with Crippen molar-refractivity contribution in [1.29, 1.82) is 0 Å². The van der Waals surface area contributed by atoms with Crippen LogP contribution in [-0.2, 0) is 4.79 Å². The molecule has 0 unspecified atom stereocenters. The Hall–Kier alpha value is -2.61. The summed E-state index contributed by atoms with van der Waals surface area (Å²) < 4.78 is 21.2. The van der Waals surface area contributed by atoms with Crippen molar-refractivity contribution in [2.45, 2.75) is 43.6 Å². The van der Waals surface area contributed by atoms with E-state index in [0.29, 0.717) is 23.2 Å². The molecule has 0 saturated heterocycles. The Labute approximate surface area is 161 Å². The highest BCUT2D eigenvalue weighted by Gasteiger charge is 2.25. The molecule has 0 aliphatic heterocycles. The third kappa shape index (κ3) is 4.21. The second-order valence-corrected chi connectivity index (χ2v) is 7.40. The van der Waals surface area contributed by atoms with E-state index in [2.05, 4.69) is 15.5 Å². The second kappa shape index (κ2) is 8.39. The van der Waals surface area contributed by atoms with Crippen molar-refractivity contribution in [3.63, 3.8) is 0 Å². The molecule has 3 rings (SSSR count). The van der Waals surface area contributed by atoms with Crippen LogP contribution in [-0.4, -0.2) is 25.9 Å². The highest BCUT2D eigenvalue weighted by atomic mass is 32.2. The predicted octanol–water partition coefficient (Wildman–Crippen LogP) is 4.77. The SMILES string of the molecule is CC[C@@H](Sc1nnc(-c2ccco2)n1C(C)C)C(=O)Nc1ccccc1F. The van der Waals surface area contributed by atoms with Crippen LogP contribution >= 0.6 is 11.8 Å². The first-order valence-electron chi connectivity index (χ1n) is 8.72. The first-order chi connectivity index (χ1) is 13.0. The number of anilines is 1. The van der Waals surface area contributed by atoms with Gasteiger partial charge in [-0.1, -0.05) is 30.8 Å². The summed E-state index contributed by atoms with van der Waals surface area (Å²) in [7, 11) is 0. The van der Waals surface area contributed by atoms with Crippen LogP contribution in [0.25, 0.3) is 11.6 Å². The third-order valence-electron chi connectivity index (χ3n) is 3.97. The van der Waals surface area contributed by atoms with Gasteiger partial charge in [-0.05, 0) is 44.5 Å². The van der Waals surface area contributed by atoms with Crippen molar-refractivity contribution in [2.75, 3.05) is 5.32 Å². The van der Waals surface area contributed by atoms with Gasteiger partial charge in [-0.15, -0.1) is 10.2 Å². The monoisotopic (exact) mass is 388 g/mol. The van der Waals surface area contributed by atoms with Gasteiger partial charge >= 0.3 is 0 Å². The van der Waals surface area contributed by atoms with E-state index in [1.54, 1.807) is 24.5 Å². The zero-order chi connectivity index (χ0) is 19.4. The number of furan rings is 1. The molecule has 1 N–H and O–H groups in total. The molecule has 0 aliphatic rings. The van der Waals surface area contributed by atoms with Gasteiger partial charge in [0.2, 0.25) is 11.7 Å². The lowest BCUT2D eigenvalue weighted by Crippen LogP contribution is -2.25. The summed E-state index contributed by atoms with van der Waals surface area (Å²) in [6.45, 7) is 5.93. The van der Waals surface area contributed by atoms with Crippen LogP contribution in [0.1, 0.15) is 33.2 Å². The minimum absolute atomic E-state index is 0.0785. The van der Waals surface area contributed by atoms with Gasteiger partial charge in [0.15, 0.2) is 10.9 Å². The Bertz CT molecular complexity index is 908. The van der Waals surface area contributed by atoms with E-state index in [9.17, 15) is 9.18 Å². The summed E-state index contributed by atoms with van der Waals surface area (Å²) in [6, 6.07) is 9.80. The van der Waals surface area contributed by atoms with Gasteiger partial charge in [-0.2, -0.15) is 0 Å². The smallest absolute Gasteiger partial charge is 0.238 e. The topological polar surface area (TPSA) is 73.0 Å². The van der Waals surface area contributed by atoms with Gasteiger partial charge in [0.05, 0.1) is 17.2 Å². The van der Waals surface area contributed by atoms with Crippen molar-refractivity contribution in [3.05, 3.63) is 48.5 Å². The van der Waals surface area contributed by atoms with E-state index in [0.717, 1.165) is 0 Å². The Balaban J connectivity index is 1.82. The van der Waals surface area contributed by atoms with Crippen molar-refractivity contribution in [1.82, 2.24) is 14.8 Å². The molecule has 142 valence electrons. The van der Waals surface area contributed by atoms with Crippen molar-refractivity contribution in [3.8, 4) is 11.6 Å². The molecule has 1 amide bonds. The molecule has 2 aromatic heterocycles. The number of hydrogen-bond donors (Lipinski definition) is 1. The average molecular weight is 388 g/mol. The molecule has 0 saturated carbocycles. The number of hydrogen-bond acceptors (Lipinski definition) is 5. The molecule has 8 heteroatoms. The Kier molecular flexibility index (Phi) is 5.95. The number of para-hydroxylation sites is 1. The van der Waals surface area contributed by atoms with E-state index >= 15 is 0 Å². The first kappa shape index (κ1) is 19.2. The molecule has 0 aliphatic carbocycles. The maximum Gasteiger partial charge on any atom is 0.238 e. The fraction of sp³-hybridized carbons (Fsp3) is 0.316. The van der Waals surface area contributed by atoms with Crippen LogP contribution in [0.3, 0.4) is 0 Å². The van der Waals surface area contributed by atoms with Crippen LogP contribution in [0.2, 0.25) is 0 Å². The number of nitrogens with one attached hydrogen (secondary N) is 1. The highest BCUT2D eigenvalue weighted by Crippen LogP contribution is 2.31. The van der Waals surface area contributed by atoms with Crippen molar-refractivity contribution in [2.24, 2.45) is 0 Å². The van der Waals surface area contributed by atoms with Gasteiger partial charge in [-0.25, -0.2) is 4.39 Å². The van der Waals surface area contributed by atoms with E-state index in [1.807, 2.05) is 31.4 Å². The molecule has 0 fully saturated rings. The maximum absolute atomic E-state index is 13.8. The molecular formula is C19H21FN4O2S. The zero-order valence-corrected chi connectivity index (χ0v) is 16.2. The molecule has 27 heavy (non-hydrogen) atoms. The molecule has 2 heterocycles. The minimum atomic E-state index is -0.462. The first-order valence-corrected chi connectivity index (χ1v) is 9.60. The van der Waals surface area contributed by atoms with E-state index in [-0.39, 0.29) is 17.6 Å². The number of aromatic nitrogens is 3. The van der Waals surface area contributed by atoms with Crippen LogP contribution < -0.4 is 5.32 Å².